The van der Waals surface area contributed by atoms with E-state index in [1.807, 2.05) is 0 Å². The maximum atomic E-state index is 11.5. The van der Waals surface area contributed by atoms with Gasteiger partial charge < -0.3 is 13.8 Å². The molecule has 0 heterocycles. The number of hydrogen-bond acceptors (Lipinski definition) is 5. The number of carbonyl (C=O) groups excluding carboxylic acids is 1. The van der Waals surface area contributed by atoms with Crippen LogP contribution in [0.5, 0.6) is 0 Å². The normalized spacial score (nSPS) is 11.1. The number of ether oxygens (including phenoxy) is 1. The van der Waals surface area contributed by atoms with Crippen LogP contribution in [-0.4, -0.2) is 33.0 Å². The van der Waals surface area contributed by atoms with Crippen molar-refractivity contribution in [3.63, 3.8) is 0 Å². The Morgan fingerprint density at radius 1 is 1.33 bits per heavy atom. The Hall–Kier alpha value is -0.640. The van der Waals surface area contributed by atoms with Crippen LogP contribution in [0.2, 0.25) is 0 Å². The molecule has 0 saturated carbocycles. The molecule has 0 saturated heterocycles. The third-order valence-electron chi connectivity index (χ3n) is 1.71. The Bertz CT molecular complexity index is 266. The van der Waals surface area contributed by atoms with Crippen LogP contribution < -0.4 is 0 Å². The molecule has 0 aliphatic rings. The van der Waals surface area contributed by atoms with Crippen molar-refractivity contribution in [2.24, 2.45) is 0 Å². The average molecular weight is 236 g/mol. The lowest BCUT2D eigenvalue weighted by Gasteiger charge is -2.12. The molecule has 0 spiro atoms. The zero-order chi connectivity index (χ0) is 11.9. The third kappa shape index (κ3) is 5.72. The Morgan fingerprint density at radius 3 is 2.27 bits per heavy atom. The fraction of sp³-hybridized carbons (Fsp3) is 0.667. The molecule has 5 nitrogen and oxygen atoms in total. The van der Waals surface area contributed by atoms with Gasteiger partial charge in [-0.2, -0.15) is 0 Å². The molecule has 0 aliphatic heterocycles. The first-order valence-corrected chi connectivity index (χ1v) is 6.21. The molecule has 0 aromatic rings. The summed E-state index contributed by atoms with van der Waals surface area (Å²) in [6, 6.07) is 0. The van der Waals surface area contributed by atoms with E-state index >= 15 is 0 Å². The highest BCUT2D eigenvalue weighted by atomic mass is 31.2. The minimum Gasteiger partial charge on any atom is -0.462 e. The molecule has 0 fully saturated rings. The smallest absolute Gasteiger partial charge is 0.333 e. The molecule has 6 heteroatoms. The van der Waals surface area contributed by atoms with Gasteiger partial charge in [-0.3, -0.25) is 4.57 Å². The van der Waals surface area contributed by atoms with E-state index in [9.17, 15) is 9.36 Å². The van der Waals surface area contributed by atoms with E-state index < -0.39 is 13.6 Å². The number of esters is 1. The van der Waals surface area contributed by atoms with Gasteiger partial charge in [0, 0.05) is 19.8 Å². The fourth-order valence-electron chi connectivity index (χ4n) is 0.803. The molecule has 0 rings (SSSR count). The highest BCUT2D eigenvalue weighted by Crippen LogP contribution is 2.46. The molecular weight excluding hydrogens is 219 g/mol. The van der Waals surface area contributed by atoms with Crippen LogP contribution in [0.3, 0.4) is 0 Å². The Morgan fingerprint density at radius 2 is 1.87 bits per heavy atom. The second kappa shape index (κ2) is 6.77. The van der Waals surface area contributed by atoms with Crippen LogP contribution in [0.25, 0.3) is 0 Å². The van der Waals surface area contributed by atoms with Gasteiger partial charge in [-0.15, -0.1) is 0 Å². The van der Waals surface area contributed by atoms with E-state index in [0.717, 1.165) is 0 Å². The topological polar surface area (TPSA) is 61.8 Å². The van der Waals surface area contributed by atoms with Gasteiger partial charge >= 0.3 is 13.6 Å². The summed E-state index contributed by atoms with van der Waals surface area (Å²) < 4.78 is 25.8. The molecule has 0 amide bonds. The zero-order valence-electron chi connectivity index (χ0n) is 9.32. The summed E-state index contributed by atoms with van der Waals surface area (Å²) in [7, 11) is -0.331. The van der Waals surface area contributed by atoms with E-state index in [1.165, 1.54) is 14.2 Å². The van der Waals surface area contributed by atoms with Crippen LogP contribution in [0.4, 0.5) is 0 Å². The van der Waals surface area contributed by atoms with Gasteiger partial charge in [-0.05, 0) is 13.3 Å². The fourth-order valence-corrected chi connectivity index (χ4v) is 1.83. The SMILES string of the molecule is C=C(C)C(=O)OCCCP(=O)(OC)OC. The molecule has 0 aromatic heterocycles. The molecular formula is C9H17O5P. The van der Waals surface area contributed by atoms with Crippen molar-refractivity contribution in [2.75, 3.05) is 27.0 Å². The third-order valence-corrected chi connectivity index (χ3v) is 3.69. The van der Waals surface area contributed by atoms with Gasteiger partial charge in [0.2, 0.25) is 0 Å². The molecule has 0 N–H and O–H groups in total. The molecule has 0 unspecified atom stereocenters. The number of carbonyl (C=O) groups is 1. The van der Waals surface area contributed by atoms with Crippen molar-refractivity contribution in [1.82, 2.24) is 0 Å². The monoisotopic (exact) mass is 236 g/mol. The van der Waals surface area contributed by atoms with E-state index in [2.05, 4.69) is 6.58 Å². The number of hydrogen-bond donors (Lipinski definition) is 0. The molecule has 0 aromatic carbocycles. The van der Waals surface area contributed by atoms with Crippen LogP contribution in [-0.2, 0) is 23.1 Å². The highest BCUT2D eigenvalue weighted by molar-refractivity contribution is 7.53. The molecule has 0 bridgehead atoms. The van der Waals surface area contributed by atoms with Gasteiger partial charge in [0.15, 0.2) is 0 Å². The lowest BCUT2D eigenvalue weighted by Crippen LogP contribution is -2.08. The van der Waals surface area contributed by atoms with Gasteiger partial charge in [0.1, 0.15) is 0 Å². The standard InChI is InChI=1S/C9H17O5P/c1-8(2)9(10)14-6-5-7-15(11,12-3)13-4/h1,5-7H2,2-4H3. The first kappa shape index (κ1) is 14.4. The summed E-state index contributed by atoms with van der Waals surface area (Å²) in [6.07, 6.45) is 0.654. The second-order valence-electron chi connectivity index (χ2n) is 2.97. The van der Waals surface area contributed by atoms with Crippen LogP contribution >= 0.6 is 7.60 Å². The van der Waals surface area contributed by atoms with Crippen LogP contribution in [0.15, 0.2) is 12.2 Å². The molecule has 0 aliphatic carbocycles. The van der Waals surface area contributed by atoms with Crippen molar-refractivity contribution in [1.29, 1.82) is 0 Å². The van der Waals surface area contributed by atoms with Crippen molar-refractivity contribution >= 4 is 13.6 Å². The minimum atomic E-state index is -2.98. The van der Waals surface area contributed by atoms with E-state index in [1.54, 1.807) is 6.92 Å². The predicted molar refractivity (Wildman–Crippen MR) is 56.9 cm³/mol. The van der Waals surface area contributed by atoms with Crippen molar-refractivity contribution < 1.29 is 23.1 Å². The molecule has 0 atom stereocenters. The van der Waals surface area contributed by atoms with Crippen LogP contribution in [0, 0.1) is 0 Å². The zero-order valence-corrected chi connectivity index (χ0v) is 10.2. The minimum absolute atomic E-state index is 0.183. The van der Waals surface area contributed by atoms with Crippen LogP contribution in [0.1, 0.15) is 13.3 Å². The Kier molecular flexibility index (Phi) is 6.48. The number of rotatable bonds is 7. The van der Waals surface area contributed by atoms with Crippen molar-refractivity contribution in [3.8, 4) is 0 Å². The predicted octanol–water partition coefficient (Wildman–Crippen LogP) is 1.98. The average Bonchev–Trinajstić information content (AvgIpc) is 2.23. The maximum absolute atomic E-state index is 11.5. The lowest BCUT2D eigenvalue weighted by molar-refractivity contribution is -0.138. The van der Waals surface area contributed by atoms with Gasteiger partial charge in [-0.1, -0.05) is 6.58 Å². The summed E-state index contributed by atoms with van der Waals surface area (Å²) in [5, 5.41) is 0. The lowest BCUT2D eigenvalue weighted by atomic mass is 10.4. The molecule has 88 valence electrons. The Balaban J connectivity index is 3.76. The van der Waals surface area contributed by atoms with E-state index in [4.69, 9.17) is 13.8 Å². The largest absolute Gasteiger partial charge is 0.462 e. The molecule has 0 radical (unpaired) electrons. The first-order chi connectivity index (χ1) is 6.95. The van der Waals surface area contributed by atoms with E-state index in [0.29, 0.717) is 12.0 Å². The quantitative estimate of drug-likeness (QED) is 0.293. The maximum Gasteiger partial charge on any atom is 0.333 e. The van der Waals surface area contributed by atoms with Gasteiger partial charge in [0.05, 0.1) is 12.8 Å². The second-order valence-corrected chi connectivity index (χ2v) is 5.37. The van der Waals surface area contributed by atoms with Gasteiger partial charge in [0.25, 0.3) is 0 Å². The summed E-state index contributed by atoms with van der Waals surface area (Å²) in [5.41, 5.74) is 0.344. The Labute approximate surface area is 89.9 Å². The van der Waals surface area contributed by atoms with Crippen molar-refractivity contribution in [3.05, 3.63) is 12.2 Å². The highest BCUT2D eigenvalue weighted by Gasteiger charge is 2.20. The summed E-state index contributed by atoms with van der Waals surface area (Å²) >= 11 is 0. The summed E-state index contributed by atoms with van der Waals surface area (Å²) in [5.74, 6) is -0.445. The van der Waals surface area contributed by atoms with Crippen molar-refractivity contribution in [2.45, 2.75) is 13.3 Å². The first-order valence-electron chi connectivity index (χ1n) is 4.48. The summed E-state index contributed by atoms with van der Waals surface area (Å²) in [6.45, 7) is 5.19. The van der Waals surface area contributed by atoms with Gasteiger partial charge in [-0.25, -0.2) is 4.79 Å². The van der Waals surface area contributed by atoms with E-state index in [-0.39, 0.29) is 12.8 Å². The molecule has 15 heavy (non-hydrogen) atoms. The summed E-state index contributed by atoms with van der Waals surface area (Å²) in [4.78, 5) is 11.0.